The van der Waals surface area contributed by atoms with Crippen molar-refractivity contribution in [1.29, 1.82) is 0 Å². The number of H-pyrrole nitrogens is 2. The van der Waals surface area contributed by atoms with Crippen LogP contribution >= 0.6 is 0 Å². The molecule has 0 aliphatic heterocycles. The molecule has 0 amide bonds. The van der Waals surface area contributed by atoms with E-state index in [4.69, 9.17) is 4.98 Å². The van der Waals surface area contributed by atoms with Gasteiger partial charge in [-0.2, -0.15) is 0 Å². The Balaban J connectivity index is 1.56. The van der Waals surface area contributed by atoms with E-state index in [-0.39, 0.29) is 0 Å². The molecule has 3 nitrogen and oxygen atoms in total. The molecule has 6 aromatic rings. The van der Waals surface area contributed by atoms with Gasteiger partial charge in [0.1, 0.15) is 0 Å². The van der Waals surface area contributed by atoms with Crippen LogP contribution in [0.5, 0.6) is 0 Å². The zero-order chi connectivity index (χ0) is 18.5. The summed E-state index contributed by atoms with van der Waals surface area (Å²) < 4.78 is 0. The summed E-state index contributed by atoms with van der Waals surface area (Å²) in [6, 6.07) is 25.9. The van der Waals surface area contributed by atoms with Crippen molar-refractivity contribution in [1.82, 2.24) is 15.0 Å². The third kappa shape index (κ3) is 2.33. The van der Waals surface area contributed by atoms with Crippen LogP contribution in [0.25, 0.3) is 55.0 Å². The summed E-state index contributed by atoms with van der Waals surface area (Å²) in [5.74, 6) is 0. The average molecular weight is 359 g/mol. The Kier molecular flexibility index (Phi) is 3.17. The summed E-state index contributed by atoms with van der Waals surface area (Å²) in [6.45, 7) is 0. The number of nitrogens with one attached hydrogen (secondary N) is 2. The Hall–Kier alpha value is -3.85. The summed E-state index contributed by atoms with van der Waals surface area (Å²) in [7, 11) is 0. The van der Waals surface area contributed by atoms with Crippen molar-refractivity contribution in [2.45, 2.75) is 0 Å². The van der Waals surface area contributed by atoms with Crippen molar-refractivity contribution in [3.63, 3.8) is 0 Å². The lowest BCUT2D eigenvalue weighted by molar-refractivity contribution is 1.36. The van der Waals surface area contributed by atoms with Crippen LogP contribution in [-0.2, 0) is 0 Å². The van der Waals surface area contributed by atoms with Gasteiger partial charge in [-0.05, 0) is 70.4 Å². The lowest BCUT2D eigenvalue weighted by atomic mass is 9.97. The average Bonchev–Trinajstić information content (AvgIpc) is 3.41. The second-order valence-corrected chi connectivity index (χ2v) is 7.15. The number of benzene rings is 3. The predicted octanol–water partition coefficient (Wildman–Crippen LogP) is 6.53. The number of rotatable bonds is 2. The maximum atomic E-state index is 4.73. The molecular weight excluding hydrogens is 342 g/mol. The minimum absolute atomic E-state index is 1.02. The van der Waals surface area contributed by atoms with Gasteiger partial charge in [0.05, 0.1) is 5.69 Å². The number of aromatic amines is 2. The highest BCUT2D eigenvalue weighted by Gasteiger charge is 2.09. The standard InChI is InChI=1S/C25H17N3/c1-2-18(17-3-5-23-19(13-17)8-10-26-23)15-22-16(1)7-12-28-25(22)21-4-6-24-20(14-21)9-11-27-24/h1-15,26-27H. The highest BCUT2D eigenvalue weighted by molar-refractivity contribution is 5.99. The Morgan fingerprint density at radius 2 is 1.18 bits per heavy atom. The molecule has 0 unspecified atom stereocenters. The maximum Gasteiger partial charge on any atom is 0.0780 e. The molecule has 0 aliphatic rings. The predicted molar refractivity (Wildman–Crippen MR) is 116 cm³/mol. The van der Waals surface area contributed by atoms with Crippen LogP contribution in [0.3, 0.4) is 0 Å². The Labute approximate surface area is 161 Å². The van der Waals surface area contributed by atoms with Gasteiger partial charge in [-0.25, -0.2) is 0 Å². The van der Waals surface area contributed by atoms with E-state index in [0.29, 0.717) is 0 Å². The monoisotopic (exact) mass is 359 g/mol. The molecule has 0 fully saturated rings. The van der Waals surface area contributed by atoms with Crippen LogP contribution in [0, 0.1) is 0 Å². The van der Waals surface area contributed by atoms with Gasteiger partial charge in [-0.1, -0.05) is 24.3 Å². The molecule has 0 spiro atoms. The Morgan fingerprint density at radius 3 is 1.96 bits per heavy atom. The normalized spacial score (nSPS) is 11.6. The number of hydrogen-bond donors (Lipinski definition) is 2. The van der Waals surface area contributed by atoms with Gasteiger partial charge in [-0.3, -0.25) is 4.98 Å². The molecule has 3 aromatic heterocycles. The number of fused-ring (bicyclic) bond motifs is 3. The number of aromatic nitrogens is 3. The van der Waals surface area contributed by atoms with E-state index in [1.54, 1.807) is 0 Å². The molecule has 0 saturated carbocycles. The van der Waals surface area contributed by atoms with Crippen molar-refractivity contribution >= 4 is 32.6 Å². The molecular formula is C25H17N3. The van der Waals surface area contributed by atoms with E-state index in [2.05, 4.69) is 82.8 Å². The second kappa shape index (κ2) is 5.83. The van der Waals surface area contributed by atoms with Crippen LogP contribution in [0.2, 0.25) is 0 Å². The highest BCUT2D eigenvalue weighted by atomic mass is 14.7. The van der Waals surface area contributed by atoms with Crippen LogP contribution in [0.15, 0.2) is 91.4 Å². The minimum Gasteiger partial charge on any atom is -0.361 e. The van der Waals surface area contributed by atoms with E-state index in [9.17, 15) is 0 Å². The SMILES string of the molecule is c1cc2ccc(-c3ccc4[nH]ccc4c3)cc2c(-c2ccc3[nH]ccc3c2)n1. The molecule has 2 N–H and O–H groups in total. The van der Waals surface area contributed by atoms with Gasteiger partial charge in [0.2, 0.25) is 0 Å². The smallest absolute Gasteiger partial charge is 0.0780 e. The fraction of sp³-hybridized carbons (Fsp3) is 0. The lowest BCUT2D eigenvalue weighted by Gasteiger charge is -2.09. The van der Waals surface area contributed by atoms with Crippen LogP contribution in [0.4, 0.5) is 0 Å². The molecule has 0 radical (unpaired) electrons. The quantitative estimate of drug-likeness (QED) is 0.363. The van der Waals surface area contributed by atoms with Crippen LogP contribution in [-0.4, -0.2) is 15.0 Å². The zero-order valence-electron chi connectivity index (χ0n) is 15.1. The molecule has 6 rings (SSSR count). The third-order valence-corrected chi connectivity index (χ3v) is 5.48. The Bertz CT molecular complexity index is 1470. The van der Waals surface area contributed by atoms with Crippen LogP contribution < -0.4 is 0 Å². The van der Waals surface area contributed by atoms with Gasteiger partial charge < -0.3 is 9.97 Å². The molecule has 0 atom stereocenters. The minimum atomic E-state index is 1.02. The topological polar surface area (TPSA) is 44.5 Å². The van der Waals surface area contributed by atoms with Crippen molar-refractivity contribution in [2.75, 3.05) is 0 Å². The van der Waals surface area contributed by atoms with E-state index in [1.807, 2.05) is 18.6 Å². The molecule has 3 heteroatoms. The third-order valence-electron chi connectivity index (χ3n) is 5.48. The zero-order valence-corrected chi connectivity index (χ0v) is 15.1. The largest absolute Gasteiger partial charge is 0.361 e. The van der Waals surface area contributed by atoms with Gasteiger partial charge in [0, 0.05) is 46.0 Å². The first-order chi connectivity index (χ1) is 13.8. The fourth-order valence-corrected chi connectivity index (χ4v) is 4.01. The Morgan fingerprint density at radius 1 is 0.536 bits per heavy atom. The lowest BCUT2D eigenvalue weighted by Crippen LogP contribution is -1.87. The maximum absolute atomic E-state index is 4.73. The first-order valence-electron chi connectivity index (χ1n) is 9.39. The van der Waals surface area contributed by atoms with E-state index in [0.717, 1.165) is 22.3 Å². The van der Waals surface area contributed by atoms with Crippen molar-refractivity contribution in [3.05, 3.63) is 91.4 Å². The summed E-state index contributed by atoms with van der Waals surface area (Å²) >= 11 is 0. The molecule has 0 saturated heterocycles. The highest BCUT2D eigenvalue weighted by Crippen LogP contribution is 2.32. The van der Waals surface area contributed by atoms with Gasteiger partial charge in [0.25, 0.3) is 0 Å². The van der Waals surface area contributed by atoms with E-state index >= 15 is 0 Å². The first kappa shape index (κ1) is 15.2. The summed E-state index contributed by atoms with van der Waals surface area (Å²) in [5, 5.41) is 4.79. The molecule has 132 valence electrons. The summed E-state index contributed by atoms with van der Waals surface area (Å²) in [5.41, 5.74) is 6.87. The first-order valence-corrected chi connectivity index (χ1v) is 9.39. The molecule has 3 heterocycles. The number of hydrogen-bond acceptors (Lipinski definition) is 1. The number of nitrogens with zero attached hydrogens (tertiary/aromatic N) is 1. The van der Waals surface area contributed by atoms with E-state index in [1.165, 1.54) is 32.7 Å². The molecule has 0 aliphatic carbocycles. The fourth-order valence-electron chi connectivity index (χ4n) is 4.01. The molecule has 28 heavy (non-hydrogen) atoms. The van der Waals surface area contributed by atoms with Crippen molar-refractivity contribution < 1.29 is 0 Å². The number of pyridine rings is 1. The second-order valence-electron chi connectivity index (χ2n) is 7.15. The summed E-state index contributed by atoms with van der Waals surface area (Å²) in [4.78, 5) is 11.2. The van der Waals surface area contributed by atoms with E-state index < -0.39 is 0 Å². The molecule has 3 aromatic carbocycles. The van der Waals surface area contributed by atoms with Gasteiger partial charge in [-0.15, -0.1) is 0 Å². The van der Waals surface area contributed by atoms with Crippen molar-refractivity contribution in [2.24, 2.45) is 0 Å². The summed E-state index contributed by atoms with van der Waals surface area (Å²) in [6.07, 6.45) is 5.85. The van der Waals surface area contributed by atoms with Gasteiger partial charge >= 0.3 is 0 Å². The van der Waals surface area contributed by atoms with Crippen LogP contribution in [0.1, 0.15) is 0 Å². The van der Waals surface area contributed by atoms with Crippen molar-refractivity contribution in [3.8, 4) is 22.4 Å². The molecule has 0 bridgehead atoms. The van der Waals surface area contributed by atoms with Gasteiger partial charge in [0.15, 0.2) is 0 Å².